The normalized spacial score (nSPS) is 10.8. The van der Waals surface area contributed by atoms with Gasteiger partial charge in [-0.15, -0.1) is 10.2 Å². The van der Waals surface area contributed by atoms with Crippen molar-refractivity contribution in [3.63, 3.8) is 0 Å². The Morgan fingerprint density at radius 3 is 2.93 bits per heavy atom. The summed E-state index contributed by atoms with van der Waals surface area (Å²) >= 11 is 14.9. The molecule has 2 heterocycles. The zero-order chi connectivity index (χ0) is 19.7. The minimum Gasteiger partial charge on any atom is -0.332 e. The molecule has 7 nitrogen and oxygen atoms in total. The van der Waals surface area contributed by atoms with Crippen LogP contribution in [0.2, 0.25) is 5.02 Å². The topological polar surface area (TPSA) is 84.2 Å². The lowest BCUT2D eigenvalue weighted by Gasteiger charge is -2.11. The molecule has 0 bridgehead atoms. The zero-order valence-corrected chi connectivity index (χ0v) is 18.4. The number of thiocarbonyl (C=S) groups is 1. The number of aromatic nitrogens is 4. The van der Waals surface area contributed by atoms with Crippen LogP contribution in [-0.4, -0.2) is 30.8 Å². The predicted molar refractivity (Wildman–Crippen MR) is 122 cm³/mol. The van der Waals surface area contributed by atoms with E-state index in [2.05, 4.69) is 48.5 Å². The van der Waals surface area contributed by atoms with Gasteiger partial charge in [-0.1, -0.05) is 35.1 Å². The minimum absolute atomic E-state index is 0.176. The fraction of sp³-hybridized carbons (Fsp3) is 0. The van der Waals surface area contributed by atoms with Gasteiger partial charge in [0.05, 0.1) is 10.6 Å². The molecule has 28 heavy (non-hydrogen) atoms. The molecular formula is C17H10ClIN6OS2. The third-order valence-corrected chi connectivity index (χ3v) is 5.82. The lowest BCUT2D eigenvalue weighted by Crippen LogP contribution is -2.34. The lowest BCUT2D eigenvalue weighted by molar-refractivity contribution is 0.0978. The molecule has 4 rings (SSSR count). The third-order valence-electron chi connectivity index (χ3n) is 3.65. The molecule has 0 aliphatic heterocycles. The van der Waals surface area contributed by atoms with Gasteiger partial charge < -0.3 is 5.32 Å². The molecule has 0 aliphatic carbocycles. The van der Waals surface area contributed by atoms with Crippen LogP contribution in [0.1, 0.15) is 10.4 Å². The molecule has 11 heteroatoms. The van der Waals surface area contributed by atoms with Crippen molar-refractivity contribution < 1.29 is 4.79 Å². The Balaban J connectivity index is 1.48. The third kappa shape index (κ3) is 4.14. The van der Waals surface area contributed by atoms with E-state index >= 15 is 0 Å². The highest BCUT2D eigenvalue weighted by Gasteiger charge is 2.13. The van der Waals surface area contributed by atoms with Crippen LogP contribution in [0.5, 0.6) is 0 Å². The van der Waals surface area contributed by atoms with Crippen LogP contribution in [0, 0.1) is 3.57 Å². The second kappa shape index (κ2) is 8.07. The molecule has 0 unspecified atom stereocenters. The summed E-state index contributed by atoms with van der Waals surface area (Å²) in [6, 6.07) is 12.8. The van der Waals surface area contributed by atoms with E-state index in [1.54, 1.807) is 23.0 Å². The average molecular weight is 541 g/mol. The van der Waals surface area contributed by atoms with Gasteiger partial charge in [-0.3, -0.25) is 10.1 Å². The number of benzene rings is 2. The van der Waals surface area contributed by atoms with Gasteiger partial charge in [-0.25, -0.2) is 0 Å². The van der Waals surface area contributed by atoms with E-state index in [9.17, 15) is 4.79 Å². The predicted octanol–water partition coefficient (Wildman–Crippen LogP) is 4.24. The van der Waals surface area contributed by atoms with Crippen molar-refractivity contribution in [3.8, 4) is 10.6 Å². The Labute approximate surface area is 187 Å². The molecule has 0 saturated carbocycles. The SMILES string of the molecule is O=C(NC(=S)Nc1cccc(-c2nn3cnnc3s2)c1)c1cc(I)ccc1Cl. The molecule has 2 aromatic heterocycles. The molecule has 4 aromatic rings. The standard InChI is InChI=1S/C17H10ClIN6OS2/c18-13-5-4-10(19)7-12(13)14(26)22-16(27)21-11-3-1-2-9(6-11)15-24-25-8-20-23-17(25)28-15/h1-8H,(H2,21,22,26,27). The molecule has 0 atom stereocenters. The van der Waals surface area contributed by atoms with Gasteiger partial charge in [0.1, 0.15) is 11.3 Å². The maximum absolute atomic E-state index is 12.4. The molecule has 0 spiro atoms. The van der Waals surface area contributed by atoms with Crippen LogP contribution >= 0.6 is 57.7 Å². The first-order chi connectivity index (χ1) is 13.5. The number of fused-ring (bicyclic) bond motifs is 1. The Bertz CT molecular complexity index is 1180. The Kier molecular flexibility index (Phi) is 5.53. The van der Waals surface area contributed by atoms with E-state index in [1.165, 1.54) is 11.3 Å². The van der Waals surface area contributed by atoms with Crippen molar-refractivity contribution >= 4 is 79.4 Å². The molecule has 1 amide bonds. The van der Waals surface area contributed by atoms with Gasteiger partial charge >= 0.3 is 0 Å². The summed E-state index contributed by atoms with van der Waals surface area (Å²) < 4.78 is 2.53. The number of amides is 1. The monoisotopic (exact) mass is 540 g/mol. The average Bonchev–Trinajstić information content (AvgIpc) is 3.26. The van der Waals surface area contributed by atoms with Gasteiger partial charge in [0.15, 0.2) is 5.11 Å². The first-order valence-electron chi connectivity index (χ1n) is 7.84. The molecule has 0 radical (unpaired) electrons. The maximum atomic E-state index is 12.4. The first kappa shape index (κ1) is 19.2. The summed E-state index contributed by atoms with van der Waals surface area (Å²) in [4.78, 5) is 13.1. The van der Waals surface area contributed by atoms with Gasteiger partial charge in [0.2, 0.25) is 4.96 Å². The van der Waals surface area contributed by atoms with E-state index in [0.29, 0.717) is 15.5 Å². The summed E-state index contributed by atoms with van der Waals surface area (Å²) in [5, 5.41) is 19.2. The molecule has 0 aliphatic rings. The van der Waals surface area contributed by atoms with Crippen molar-refractivity contribution in [1.29, 1.82) is 0 Å². The number of halogens is 2. The van der Waals surface area contributed by atoms with E-state index in [4.69, 9.17) is 23.8 Å². The largest absolute Gasteiger partial charge is 0.332 e. The number of nitrogens with zero attached hydrogens (tertiary/aromatic N) is 4. The number of carbonyl (C=O) groups excluding carboxylic acids is 1. The van der Waals surface area contributed by atoms with Gasteiger partial charge in [0.25, 0.3) is 5.91 Å². The fourth-order valence-electron chi connectivity index (χ4n) is 2.41. The van der Waals surface area contributed by atoms with Crippen LogP contribution in [0.4, 0.5) is 5.69 Å². The number of nitrogens with one attached hydrogen (secondary N) is 2. The quantitative estimate of drug-likeness (QED) is 0.299. The van der Waals surface area contributed by atoms with Gasteiger partial charge in [-0.2, -0.15) is 9.61 Å². The summed E-state index contributed by atoms with van der Waals surface area (Å²) in [5.41, 5.74) is 1.99. The summed E-state index contributed by atoms with van der Waals surface area (Å²) in [5.74, 6) is -0.370. The summed E-state index contributed by atoms with van der Waals surface area (Å²) in [6.45, 7) is 0. The summed E-state index contributed by atoms with van der Waals surface area (Å²) in [6.07, 6.45) is 1.55. The number of hydrogen-bond acceptors (Lipinski definition) is 6. The van der Waals surface area contributed by atoms with E-state index in [1.807, 2.05) is 30.3 Å². The maximum Gasteiger partial charge on any atom is 0.258 e. The van der Waals surface area contributed by atoms with E-state index < -0.39 is 0 Å². The van der Waals surface area contributed by atoms with Crippen molar-refractivity contribution in [2.75, 3.05) is 5.32 Å². The molecule has 2 N–H and O–H groups in total. The molecule has 2 aromatic carbocycles. The van der Waals surface area contributed by atoms with Crippen LogP contribution in [0.15, 0.2) is 48.8 Å². The van der Waals surface area contributed by atoms with Crippen LogP contribution in [-0.2, 0) is 0 Å². The second-order valence-corrected chi connectivity index (χ2v) is 8.60. The van der Waals surface area contributed by atoms with Crippen molar-refractivity contribution in [2.45, 2.75) is 0 Å². The fourth-order valence-corrected chi connectivity index (χ4v) is 4.13. The van der Waals surface area contributed by atoms with Crippen molar-refractivity contribution in [1.82, 2.24) is 25.1 Å². The first-order valence-corrected chi connectivity index (χ1v) is 10.5. The van der Waals surface area contributed by atoms with Crippen LogP contribution in [0.25, 0.3) is 15.5 Å². The number of hydrogen-bond donors (Lipinski definition) is 2. The number of rotatable bonds is 3. The lowest BCUT2D eigenvalue weighted by atomic mass is 10.2. The van der Waals surface area contributed by atoms with Crippen LogP contribution < -0.4 is 10.6 Å². The highest BCUT2D eigenvalue weighted by molar-refractivity contribution is 14.1. The Morgan fingerprint density at radius 1 is 1.25 bits per heavy atom. The minimum atomic E-state index is -0.370. The highest BCUT2D eigenvalue weighted by atomic mass is 127. The highest BCUT2D eigenvalue weighted by Crippen LogP contribution is 2.26. The van der Waals surface area contributed by atoms with E-state index in [0.717, 1.165) is 19.8 Å². The Morgan fingerprint density at radius 2 is 2.11 bits per heavy atom. The zero-order valence-electron chi connectivity index (χ0n) is 13.9. The Hall–Kier alpha value is -2.15. The smallest absolute Gasteiger partial charge is 0.258 e. The van der Waals surface area contributed by atoms with Gasteiger partial charge in [0, 0.05) is 14.8 Å². The number of carbonyl (C=O) groups is 1. The molecule has 0 saturated heterocycles. The number of anilines is 1. The van der Waals surface area contributed by atoms with Crippen molar-refractivity contribution in [2.24, 2.45) is 0 Å². The molecule has 0 fully saturated rings. The summed E-state index contributed by atoms with van der Waals surface area (Å²) in [7, 11) is 0. The van der Waals surface area contributed by atoms with Crippen LogP contribution in [0.3, 0.4) is 0 Å². The van der Waals surface area contributed by atoms with Gasteiger partial charge in [-0.05, 0) is 65.1 Å². The second-order valence-electron chi connectivity index (χ2n) is 5.58. The molecular weight excluding hydrogens is 531 g/mol. The van der Waals surface area contributed by atoms with Crippen molar-refractivity contribution in [3.05, 3.63) is 62.9 Å². The van der Waals surface area contributed by atoms with E-state index in [-0.39, 0.29) is 11.0 Å². The molecule has 140 valence electrons.